The third-order valence-electron chi connectivity index (χ3n) is 3.55. The maximum absolute atomic E-state index is 13.3. The molecule has 0 spiro atoms. The van der Waals surface area contributed by atoms with Crippen molar-refractivity contribution in [3.8, 4) is 22.6 Å². The van der Waals surface area contributed by atoms with Crippen LogP contribution in [-0.4, -0.2) is 13.2 Å². The van der Waals surface area contributed by atoms with Crippen molar-refractivity contribution in [3.63, 3.8) is 0 Å². The van der Waals surface area contributed by atoms with Crippen molar-refractivity contribution in [2.24, 2.45) is 0 Å². The zero-order chi connectivity index (χ0) is 17.0. The molecule has 0 saturated carbocycles. The molecule has 0 amide bonds. The van der Waals surface area contributed by atoms with Crippen molar-refractivity contribution in [1.82, 2.24) is 0 Å². The molecule has 23 heavy (non-hydrogen) atoms. The highest BCUT2D eigenvalue weighted by molar-refractivity contribution is 9.10. The molecular weight excluding hydrogens is 359 g/mol. The molecule has 0 aliphatic heterocycles. The zero-order valence-corrected chi connectivity index (χ0v) is 15.5. The van der Waals surface area contributed by atoms with Gasteiger partial charge in [0.15, 0.2) is 11.5 Å². The Hall–Kier alpha value is -1.55. The molecule has 0 radical (unpaired) electrons. The largest absolute Gasteiger partial charge is 0.490 e. The molecule has 0 saturated heterocycles. The summed E-state index contributed by atoms with van der Waals surface area (Å²) in [5, 5.41) is 0. The molecule has 0 bridgehead atoms. The second kappa shape index (κ2) is 7.82. The SMILES string of the molecule is CCOc1cc(C(C)C)c(Br)c(-c2ccc(F)cc2)c1OCC. The second-order valence-corrected chi connectivity index (χ2v) is 6.30. The first-order valence-electron chi connectivity index (χ1n) is 7.87. The fourth-order valence-corrected chi connectivity index (χ4v) is 3.46. The molecule has 124 valence electrons. The van der Waals surface area contributed by atoms with E-state index in [2.05, 4.69) is 29.8 Å². The minimum Gasteiger partial charge on any atom is -0.490 e. The lowest BCUT2D eigenvalue weighted by Crippen LogP contribution is -2.03. The number of halogens is 2. The molecule has 4 heteroatoms. The van der Waals surface area contributed by atoms with Gasteiger partial charge in [0.25, 0.3) is 0 Å². The maximum Gasteiger partial charge on any atom is 0.170 e. The Morgan fingerprint density at radius 1 is 1.04 bits per heavy atom. The van der Waals surface area contributed by atoms with Gasteiger partial charge in [-0.15, -0.1) is 0 Å². The van der Waals surface area contributed by atoms with Crippen LogP contribution in [0.4, 0.5) is 4.39 Å². The fourth-order valence-electron chi connectivity index (χ4n) is 2.48. The summed E-state index contributed by atoms with van der Waals surface area (Å²) in [6.45, 7) is 9.23. The van der Waals surface area contributed by atoms with Crippen LogP contribution >= 0.6 is 15.9 Å². The molecule has 0 unspecified atom stereocenters. The molecule has 0 fully saturated rings. The monoisotopic (exact) mass is 380 g/mol. The highest BCUT2D eigenvalue weighted by Crippen LogP contribution is 2.47. The van der Waals surface area contributed by atoms with Crippen molar-refractivity contribution >= 4 is 15.9 Å². The van der Waals surface area contributed by atoms with Gasteiger partial charge in [0.05, 0.1) is 13.2 Å². The van der Waals surface area contributed by atoms with Gasteiger partial charge in [0.1, 0.15) is 5.82 Å². The van der Waals surface area contributed by atoms with Crippen LogP contribution in [0.1, 0.15) is 39.2 Å². The molecule has 2 rings (SSSR count). The van der Waals surface area contributed by atoms with E-state index in [-0.39, 0.29) is 5.82 Å². The lowest BCUT2D eigenvalue weighted by Gasteiger charge is -2.21. The molecular formula is C19H22BrFO2. The molecule has 2 nitrogen and oxygen atoms in total. The average Bonchev–Trinajstić information content (AvgIpc) is 2.51. The Bertz CT molecular complexity index is 666. The average molecular weight is 381 g/mol. The first-order valence-corrected chi connectivity index (χ1v) is 8.66. The normalized spacial score (nSPS) is 10.9. The number of benzene rings is 2. The van der Waals surface area contributed by atoms with E-state index in [4.69, 9.17) is 9.47 Å². The van der Waals surface area contributed by atoms with Crippen LogP contribution in [0, 0.1) is 5.82 Å². The fraction of sp³-hybridized carbons (Fsp3) is 0.368. The summed E-state index contributed by atoms with van der Waals surface area (Å²) in [4.78, 5) is 0. The smallest absolute Gasteiger partial charge is 0.170 e. The third-order valence-corrected chi connectivity index (χ3v) is 4.41. The summed E-state index contributed by atoms with van der Waals surface area (Å²) in [6, 6.07) is 8.46. The number of rotatable bonds is 6. The van der Waals surface area contributed by atoms with E-state index in [0.717, 1.165) is 26.9 Å². The molecule has 0 heterocycles. The van der Waals surface area contributed by atoms with Gasteiger partial charge in [-0.1, -0.05) is 26.0 Å². The van der Waals surface area contributed by atoms with Crippen LogP contribution in [0.5, 0.6) is 11.5 Å². The Morgan fingerprint density at radius 2 is 1.65 bits per heavy atom. The predicted octanol–water partition coefficient (Wildman–Crippen LogP) is 6.18. The molecule has 0 aromatic heterocycles. The van der Waals surface area contributed by atoms with E-state index >= 15 is 0 Å². The Labute approximate surface area is 145 Å². The molecule has 0 aliphatic rings. The minimum absolute atomic E-state index is 0.257. The minimum atomic E-state index is -0.257. The van der Waals surface area contributed by atoms with Crippen molar-refractivity contribution in [1.29, 1.82) is 0 Å². The molecule has 0 N–H and O–H groups in total. The maximum atomic E-state index is 13.3. The number of hydrogen-bond donors (Lipinski definition) is 0. The Balaban J connectivity index is 2.75. The first-order chi connectivity index (χ1) is 11.0. The summed E-state index contributed by atoms with van der Waals surface area (Å²) in [6.07, 6.45) is 0. The van der Waals surface area contributed by atoms with Gasteiger partial charge in [0, 0.05) is 10.0 Å². The lowest BCUT2D eigenvalue weighted by atomic mass is 9.95. The first kappa shape index (κ1) is 17.8. The second-order valence-electron chi connectivity index (χ2n) is 5.51. The highest BCUT2D eigenvalue weighted by atomic mass is 79.9. The van der Waals surface area contributed by atoms with Gasteiger partial charge in [-0.3, -0.25) is 0 Å². The van der Waals surface area contributed by atoms with E-state index in [9.17, 15) is 4.39 Å². The summed E-state index contributed by atoms with van der Waals surface area (Å²) in [5.41, 5.74) is 2.93. The van der Waals surface area contributed by atoms with Crippen LogP contribution in [0.3, 0.4) is 0 Å². The van der Waals surface area contributed by atoms with Gasteiger partial charge in [-0.2, -0.15) is 0 Å². The van der Waals surface area contributed by atoms with Gasteiger partial charge >= 0.3 is 0 Å². The molecule has 0 aliphatic carbocycles. The van der Waals surface area contributed by atoms with E-state index < -0.39 is 0 Å². The zero-order valence-electron chi connectivity index (χ0n) is 14.0. The van der Waals surface area contributed by atoms with Gasteiger partial charge in [-0.25, -0.2) is 4.39 Å². The lowest BCUT2D eigenvalue weighted by molar-refractivity contribution is 0.288. The van der Waals surface area contributed by atoms with Crippen LogP contribution in [-0.2, 0) is 0 Å². The Morgan fingerprint density at radius 3 is 2.17 bits per heavy atom. The predicted molar refractivity (Wildman–Crippen MR) is 96.0 cm³/mol. The number of ether oxygens (including phenoxy) is 2. The van der Waals surface area contributed by atoms with Gasteiger partial charge < -0.3 is 9.47 Å². The standard InChI is InChI=1S/C19H22BrFO2/c1-5-22-16-11-15(12(3)4)18(20)17(19(16)23-6-2)13-7-9-14(21)10-8-13/h7-12H,5-6H2,1-4H3. The van der Waals surface area contributed by atoms with E-state index in [1.54, 1.807) is 12.1 Å². The van der Waals surface area contributed by atoms with E-state index in [1.807, 2.05) is 19.9 Å². The molecule has 0 atom stereocenters. The van der Waals surface area contributed by atoms with Crippen LogP contribution in [0.2, 0.25) is 0 Å². The van der Waals surface area contributed by atoms with Gasteiger partial charge in [0.2, 0.25) is 0 Å². The van der Waals surface area contributed by atoms with Gasteiger partial charge in [-0.05, 0) is 65.0 Å². The Kier molecular flexibility index (Phi) is 6.05. The summed E-state index contributed by atoms with van der Waals surface area (Å²) in [5.74, 6) is 1.48. The van der Waals surface area contributed by atoms with Crippen LogP contribution < -0.4 is 9.47 Å². The third kappa shape index (κ3) is 3.86. The number of hydrogen-bond acceptors (Lipinski definition) is 2. The quantitative estimate of drug-likeness (QED) is 0.595. The van der Waals surface area contributed by atoms with E-state index in [1.165, 1.54) is 12.1 Å². The van der Waals surface area contributed by atoms with E-state index in [0.29, 0.717) is 24.9 Å². The topological polar surface area (TPSA) is 18.5 Å². The van der Waals surface area contributed by atoms with Crippen molar-refractivity contribution in [2.75, 3.05) is 13.2 Å². The molecule has 2 aromatic rings. The summed E-state index contributed by atoms with van der Waals surface area (Å²) < 4.78 is 25.9. The van der Waals surface area contributed by atoms with Crippen molar-refractivity contribution in [3.05, 3.63) is 46.2 Å². The molecule has 2 aromatic carbocycles. The van der Waals surface area contributed by atoms with Crippen LogP contribution in [0.15, 0.2) is 34.8 Å². The summed E-state index contributed by atoms with van der Waals surface area (Å²) >= 11 is 3.71. The highest BCUT2D eigenvalue weighted by Gasteiger charge is 2.21. The van der Waals surface area contributed by atoms with Crippen molar-refractivity contribution < 1.29 is 13.9 Å². The van der Waals surface area contributed by atoms with Crippen molar-refractivity contribution in [2.45, 2.75) is 33.6 Å². The van der Waals surface area contributed by atoms with Crippen LogP contribution in [0.25, 0.3) is 11.1 Å². The summed E-state index contributed by atoms with van der Waals surface area (Å²) in [7, 11) is 0.